The van der Waals surface area contributed by atoms with Crippen molar-refractivity contribution < 1.29 is 14.3 Å². The zero-order valence-electron chi connectivity index (χ0n) is 16.2. The summed E-state index contributed by atoms with van der Waals surface area (Å²) in [5.74, 6) is 1.10. The Labute approximate surface area is 177 Å². The van der Waals surface area contributed by atoms with Gasteiger partial charge in [-0.15, -0.1) is 0 Å². The quantitative estimate of drug-likeness (QED) is 0.422. The predicted octanol–water partition coefficient (Wildman–Crippen LogP) is 2.29. The molecule has 0 spiro atoms. The first-order valence-electron chi connectivity index (χ1n) is 9.36. The Morgan fingerprint density at radius 2 is 2.00 bits per heavy atom. The van der Waals surface area contributed by atoms with E-state index in [0.717, 1.165) is 18.6 Å². The molecule has 154 valence electrons. The highest BCUT2D eigenvalue weighted by Crippen LogP contribution is 2.20. The minimum absolute atomic E-state index is 0.150. The Balaban J connectivity index is 1.34. The van der Waals surface area contributed by atoms with E-state index in [4.69, 9.17) is 4.74 Å². The monoisotopic (exact) mass is 424 g/mol. The maximum atomic E-state index is 12.2. The molecule has 0 aliphatic heterocycles. The highest BCUT2D eigenvalue weighted by Gasteiger charge is 2.24. The lowest BCUT2D eigenvalue weighted by Gasteiger charge is -2.06. The van der Waals surface area contributed by atoms with Gasteiger partial charge in [-0.2, -0.15) is 5.10 Å². The van der Waals surface area contributed by atoms with Crippen molar-refractivity contribution in [1.82, 2.24) is 25.1 Å². The largest absolute Gasteiger partial charge is 0.497 e. The molecule has 9 nitrogen and oxygen atoms in total. The van der Waals surface area contributed by atoms with Gasteiger partial charge in [-0.1, -0.05) is 11.8 Å². The van der Waals surface area contributed by atoms with Crippen LogP contribution in [0.5, 0.6) is 5.75 Å². The third kappa shape index (κ3) is 5.15. The molecular weight excluding hydrogens is 404 g/mol. The Hall–Kier alpha value is -3.40. The number of amides is 2. The fourth-order valence-corrected chi connectivity index (χ4v) is 3.27. The Morgan fingerprint density at radius 1 is 1.20 bits per heavy atom. The molecule has 2 aromatic heterocycles. The van der Waals surface area contributed by atoms with Gasteiger partial charge in [0.2, 0.25) is 5.91 Å². The molecule has 0 atom stereocenters. The Morgan fingerprint density at radius 3 is 2.73 bits per heavy atom. The van der Waals surface area contributed by atoms with Crippen LogP contribution in [0.1, 0.15) is 23.3 Å². The zero-order valence-corrected chi connectivity index (χ0v) is 17.1. The van der Waals surface area contributed by atoms with E-state index in [0.29, 0.717) is 22.2 Å². The van der Waals surface area contributed by atoms with Crippen molar-refractivity contribution in [1.29, 1.82) is 0 Å². The number of carbonyl (C=O) groups excluding carboxylic acids is 2. The first-order valence-corrected chi connectivity index (χ1v) is 10.3. The van der Waals surface area contributed by atoms with Crippen LogP contribution in [0.3, 0.4) is 0 Å². The van der Waals surface area contributed by atoms with Gasteiger partial charge >= 0.3 is 0 Å². The van der Waals surface area contributed by atoms with Gasteiger partial charge in [-0.05, 0) is 43.2 Å². The molecule has 0 unspecified atom stereocenters. The Kier molecular flexibility index (Phi) is 5.94. The van der Waals surface area contributed by atoms with E-state index in [1.165, 1.54) is 22.8 Å². The second-order valence-corrected chi connectivity index (χ2v) is 7.67. The number of thioether (sulfide) groups is 1. The molecule has 4 rings (SSSR count). The average Bonchev–Trinajstić information content (AvgIpc) is 3.44. The summed E-state index contributed by atoms with van der Waals surface area (Å²) < 4.78 is 6.62. The number of hydrogen-bond acceptors (Lipinski definition) is 7. The molecule has 0 radical (unpaired) electrons. The van der Waals surface area contributed by atoms with Gasteiger partial charge in [0.05, 0.1) is 12.9 Å². The van der Waals surface area contributed by atoms with Gasteiger partial charge in [-0.25, -0.2) is 14.6 Å². The first-order chi connectivity index (χ1) is 14.6. The number of anilines is 1. The zero-order chi connectivity index (χ0) is 20.9. The van der Waals surface area contributed by atoms with E-state index in [1.807, 2.05) is 0 Å². The van der Waals surface area contributed by atoms with Crippen LogP contribution in [0, 0.1) is 0 Å². The molecule has 0 saturated heterocycles. The summed E-state index contributed by atoms with van der Waals surface area (Å²) in [5.41, 5.74) is 1.03. The van der Waals surface area contributed by atoms with Crippen molar-refractivity contribution >= 4 is 29.3 Å². The standard InChI is InChI=1S/C20H20N6O3S/c1-29-15-6-4-13(5-7-15)23-18(27)11-30-19-10-17(21-12-22-19)26-9-8-16(25-26)20(28)24-14-2-3-14/h4-10,12,14H,2-3,11H2,1H3,(H,23,27)(H,24,28). The summed E-state index contributed by atoms with van der Waals surface area (Å²) in [6.07, 6.45) is 5.12. The van der Waals surface area contributed by atoms with Gasteiger partial charge in [0.15, 0.2) is 11.5 Å². The summed E-state index contributed by atoms with van der Waals surface area (Å²) in [6, 6.07) is 10.8. The van der Waals surface area contributed by atoms with E-state index in [2.05, 4.69) is 25.7 Å². The molecule has 0 bridgehead atoms. The Bertz CT molecular complexity index is 1050. The fraction of sp³-hybridized carbons (Fsp3) is 0.250. The number of ether oxygens (including phenoxy) is 1. The minimum Gasteiger partial charge on any atom is -0.497 e. The molecule has 1 fully saturated rings. The van der Waals surface area contributed by atoms with Crippen molar-refractivity contribution in [2.75, 3.05) is 18.2 Å². The highest BCUT2D eigenvalue weighted by atomic mass is 32.2. The number of hydrogen-bond donors (Lipinski definition) is 2. The van der Waals surface area contributed by atoms with Gasteiger partial charge < -0.3 is 15.4 Å². The van der Waals surface area contributed by atoms with Gasteiger partial charge in [0, 0.05) is 24.0 Å². The van der Waals surface area contributed by atoms with Crippen LogP contribution in [0.2, 0.25) is 0 Å². The molecule has 1 aliphatic carbocycles. The number of methoxy groups -OCH3 is 1. The van der Waals surface area contributed by atoms with Crippen LogP contribution < -0.4 is 15.4 Å². The third-order valence-corrected chi connectivity index (χ3v) is 5.25. The molecule has 2 heterocycles. The van der Waals surface area contributed by atoms with E-state index in [9.17, 15) is 9.59 Å². The van der Waals surface area contributed by atoms with Crippen molar-refractivity contribution in [2.45, 2.75) is 23.9 Å². The molecule has 10 heteroatoms. The summed E-state index contributed by atoms with van der Waals surface area (Å²) in [5, 5.41) is 10.6. The minimum atomic E-state index is -0.185. The number of nitrogens with one attached hydrogen (secondary N) is 2. The van der Waals surface area contributed by atoms with Crippen molar-refractivity contribution in [3.05, 3.63) is 54.6 Å². The molecular formula is C20H20N6O3S. The van der Waals surface area contributed by atoms with Crippen molar-refractivity contribution in [3.8, 4) is 11.6 Å². The number of nitrogens with zero attached hydrogens (tertiary/aromatic N) is 4. The molecule has 3 aromatic rings. The summed E-state index contributed by atoms with van der Waals surface area (Å²) >= 11 is 1.29. The molecule has 2 amide bonds. The molecule has 1 aromatic carbocycles. The lowest BCUT2D eigenvalue weighted by molar-refractivity contribution is -0.113. The second kappa shape index (κ2) is 8.95. The normalized spacial score (nSPS) is 13.0. The van der Waals surface area contributed by atoms with Crippen LogP contribution in [0.15, 0.2) is 53.9 Å². The smallest absolute Gasteiger partial charge is 0.272 e. The van der Waals surface area contributed by atoms with Crippen LogP contribution >= 0.6 is 11.8 Å². The number of carbonyl (C=O) groups is 2. The van der Waals surface area contributed by atoms with Gasteiger partial charge in [0.25, 0.3) is 5.91 Å². The number of benzene rings is 1. The van der Waals surface area contributed by atoms with Crippen LogP contribution in [0.4, 0.5) is 5.69 Å². The fourth-order valence-electron chi connectivity index (χ4n) is 2.60. The van der Waals surface area contributed by atoms with Gasteiger partial charge in [0.1, 0.15) is 17.1 Å². The summed E-state index contributed by atoms with van der Waals surface area (Å²) in [4.78, 5) is 32.7. The van der Waals surface area contributed by atoms with Crippen molar-refractivity contribution in [3.63, 3.8) is 0 Å². The highest BCUT2D eigenvalue weighted by molar-refractivity contribution is 7.99. The first kappa shape index (κ1) is 19.9. The average molecular weight is 424 g/mol. The topological polar surface area (TPSA) is 111 Å². The molecule has 2 N–H and O–H groups in total. The summed E-state index contributed by atoms with van der Waals surface area (Å²) in [6.45, 7) is 0. The maximum absolute atomic E-state index is 12.2. The predicted molar refractivity (Wildman–Crippen MR) is 112 cm³/mol. The molecule has 1 saturated carbocycles. The van der Waals surface area contributed by atoms with E-state index >= 15 is 0 Å². The SMILES string of the molecule is COc1ccc(NC(=O)CSc2cc(-n3ccc(C(=O)NC4CC4)n3)ncn2)cc1. The van der Waals surface area contributed by atoms with E-state index in [-0.39, 0.29) is 23.6 Å². The number of aromatic nitrogens is 4. The lowest BCUT2D eigenvalue weighted by atomic mass is 10.3. The molecule has 30 heavy (non-hydrogen) atoms. The molecule has 1 aliphatic rings. The lowest BCUT2D eigenvalue weighted by Crippen LogP contribution is -2.25. The van der Waals surface area contributed by atoms with Crippen LogP contribution in [0.25, 0.3) is 5.82 Å². The van der Waals surface area contributed by atoms with Crippen LogP contribution in [-0.2, 0) is 4.79 Å². The number of rotatable bonds is 8. The van der Waals surface area contributed by atoms with Gasteiger partial charge in [-0.3, -0.25) is 9.59 Å². The summed E-state index contributed by atoms with van der Waals surface area (Å²) in [7, 11) is 1.59. The maximum Gasteiger partial charge on any atom is 0.272 e. The third-order valence-electron chi connectivity index (χ3n) is 4.32. The van der Waals surface area contributed by atoms with E-state index < -0.39 is 0 Å². The van der Waals surface area contributed by atoms with E-state index in [1.54, 1.807) is 49.7 Å². The van der Waals surface area contributed by atoms with Crippen molar-refractivity contribution in [2.24, 2.45) is 0 Å². The second-order valence-electron chi connectivity index (χ2n) is 6.67. The van der Waals surface area contributed by atoms with Crippen LogP contribution in [-0.4, -0.2) is 50.5 Å².